The summed E-state index contributed by atoms with van der Waals surface area (Å²) in [6.07, 6.45) is 5.78. The van der Waals surface area contributed by atoms with E-state index in [0.29, 0.717) is 26.2 Å². The van der Waals surface area contributed by atoms with E-state index in [9.17, 15) is 14.4 Å². The minimum absolute atomic E-state index is 0.0404. The van der Waals surface area contributed by atoms with Crippen molar-refractivity contribution in [2.75, 3.05) is 32.7 Å². The zero-order valence-corrected chi connectivity index (χ0v) is 16.8. The monoisotopic (exact) mass is 396 g/mol. The lowest BCUT2D eigenvalue weighted by atomic mass is 9.93. The Hall–Kier alpha value is -2.67. The van der Waals surface area contributed by atoms with Crippen molar-refractivity contribution in [3.63, 3.8) is 0 Å². The van der Waals surface area contributed by atoms with Crippen LogP contribution in [0.2, 0.25) is 0 Å². The maximum atomic E-state index is 13.2. The molecule has 2 unspecified atom stereocenters. The molecule has 0 bridgehead atoms. The summed E-state index contributed by atoms with van der Waals surface area (Å²) in [5.74, 6) is 0.0831. The first kappa shape index (κ1) is 19.6. The van der Waals surface area contributed by atoms with E-state index in [0.717, 1.165) is 30.5 Å². The van der Waals surface area contributed by atoms with Crippen LogP contribution in [-0.2, 0) is 14.4 Å². The molecule has 2 saturated heterocycles. The predicted octanol–water partition coefficient (Wildman–Crippen LogP) is 1.37. The summed E-state index contributed by atoms with van der Waals surface area (Å²) in [5.41, 5.74) is 2.05. The van der Waals surface area contributed by atoms with Gasteiger partial charge in [0.25, 0.3) is 0 Å². The third-order valence-electron chi connectivity index (χ3n) is 6.15. The SMILES string of the molecule is CC(=O)N1C=Cc2ccccc2C1CC(=O)N1CCCC(N2CCNCC2=O)C1. The molecule has 1 N–H and O–H groups in total. The second-order valence-electron chi connectivity index (χ2n) is 7.99. The number of carbonyl (C=O) groups excluding carboxylic acids is 3. The Labute approximate surface area is 171 Å². The Morgan fingerprint density at radius 3 is 2.83 bits per heavy atom. The van der Waals surface area contributed by atoms with Crippen LogP contribution in [0.25, 0.3) is 6.08 Å². The summed E-state index contributed by atoms with van der Waals surface area (Å²) in [7, 11) is 0. The average molecular weight is 396 g/mol. The van der Waals surface area contributed by atoms with Crippen molar-refractivity contribution < 1.29 is 14.4 Å². The zero-order valence-electron chi connectivity index (χ0n) is 16.8. The van der Waals surface area contributed by atoms with Gasteiger partial charge in [0.1, 0.15) is 0 Å². The molecule has 0 radical (unpaired) electrons. The molecule has 7 heteroatoms. The molecule has 1 aromatic rings. The summed E-state index contributed by atoms with van der Waals surface area (Å²) < 4.78 is 0. The number of piperazine rings is 1. The van der Waals surface area contributed by atoms with E-state index < -0.39 is 0 Å². The van der Waals surface area contributed by atoms with E-state index in [-0.39, 0.29) is 36.2 Å². The number of hydrogen-bond donors (Lipinski definition) is 1. The van der Waals surface area contributed by atoms with Gasteiger partial charge in [-0.05, 0) is 30.0 Å². The zero-order chi connectivity index (χ0) is 20.4. The lowest BCUT2D eigenvalue weighted by Crippen LogP contribution is -2.57. The number of fused-ring (bicyclic) bond motifs is 1. The van der Waals surface area contributed by atoms with E-state index in [4.69, 9.17) is 0 Å². The van der Waals surface area contributed by atoms with Crippen LogP contribution in [0.15, 0.2) is 30.5 Å². The molecule has 7 nitrogen and oxygen atoms in total. The number of amides is 3. The predicted molar refractivity (Wildman–Crippen MR) is 110 cm³/mol. The summed E-state index contributed by atoms with van der Waals surface area (Å²) >= 11 is 0. The molecule has 1 aromatic carbocycles. The lowest BCUT2D eigenvalue weighted by molar-refractivity contribution is -0.141. The van der Waals surface area contributed by atoms with Crippen molar-refractivity contribution in [1.82, 2.24) is 20.0 Å². The number of likely N-dealkylation sites (tertiary alicyclic amines) is 1. The van der Waals surface area contributed by atoms with Crippen LogP contribution in [0, 0.1) is 0 Å². The van der Waals surface area contributed by atoms with Gasteiger partial charge in [0.15, 0.2) is 0 Å². The van der Waals surface area contributed by atoms with Crippen molar-refractivity contribution in [3.05, 3.63) is 41.6 Å². The third-order valence-corrected chi connectivity index (χ3v) is 6.15. The molecular weight excluding hydrogens is 368 g/mol. The van der Waals surface area contributed by atoms with Crippen molar-refractivity contribution in [2.24, 2.45) is 0 Å². The second-order valence-corrected chi connectivity index (χ2v) is 7.99. The fourth-order valence-electron chi connectivity index (χ4n) is 4.65. The molecule has 2 atom stereocenters. The molecule has 0 aliphatic carbocycles. The highest BCUT2D eigenvalue weighted by Crippen LogP contribution is 2.33. The van der Waals surface area contributed by atoms with Gasteiger partial charge in [-0.25, -0.2) is 0 Å². The number of piperidine rings is 1. The normalized spacial score (nSPS) is 24.4. The quantitative estimate of drug-likeness (QED) is 0.838. The van der Waals surface area contributed by atoms with Gasteiger partial charge in [0.05, 0.1) is 19.0 Å². The van der Waals surface area contributed by atoms with Crippen LogP contribution in [0.3, 0.4) is 0 Å². The summed E-state index contributed by atoms with van der Waals surface area (Å²) in [6.45, 7) is 4.69. The van der Waals surface area contributed by atoms with E-state index in [1.54, 1.807) is 11.1 Å². The van der Waals surface area contributed by atoms with Crippen LogP contribution in [0.4, 0.5) is 0 Å². The third kappa shape index (κ3) is 4.05. The molecule has 3 aliphatic heterocycles. The van der Waals surface area contributed by atoms with Gasteiger partial charge in [-0.2, -0.15) is 0 Å². The largest absolute Gasteiger partial charge is 0.341 e. The van der Waals surface area contributed by atoms with Crippen molar-refractivity contribution in [2.45, 2.75) is 38.3 Å². The maximum absolute atomic E-state index is 13.2. The molecule has 29 heavy (non-hydrogen) atoms. The molecule has 2 fully saturated rings. The average Bonchev–Trinajstić information content (AvgIpc) is 2.74. The standard InChI is InChI=1S/C22H28N4O3/c1-16(27)25-11-8-17-5-2-3-7-19(17)20(25)13-21(28)24-10-4-6-18(15-24)26-12-9-23-14-22(26)29/h2-3,5,7-8,11,18,20,23H,4,6,9-10,12-15H2,1H3. The van der Waals surface area contributed by atoms with E-state index >= 15 is 0 Å². The molecule has 3 aliphatic rings. The molecule has 3 heterocycles. The minimum Gasteiger partial charge on any atom is -0.341 e. The fraction of sp³-hybridized carbons (Fsp3) is 0.500. The van der Waals surface area contributed by atoms with Gasteiger partial charge < -0.3 is 20.0 Å². The Bertz CT molecular complexity index is 837. The van der Waals surface area contributed by atoms with Gasteiger partial charge in [0, 0.05) is 45.3 Å². The Morgan fingerprint density at radius 1 is 1.21 bits per heavy atom. The lowest BCUT2D eigenvalue weighted by Gasteiger charge is -2.42. The van der Waals surface area contributed by atoms with Crippen LogP contribution in [0.1, 0.15) is 43.4 Å². The minimum atomic E-state index is -0.289. The second kappa shape index (κ2) is 8.37. The molecule has 0 spiro atoms. The first-order chi connectivity index (χ1) is 14.0. The van der Waals surface area contributed by atoms with Crippen LogP contribution in [-0.4, -0.2) is 71.2 Å². The molecule has 3 amide bonds. The van der Waals surface area contributed by atoms with Crippen molar-refractivity contribution in [3.8, 4) is 0 Å². The molecule has 0 aromatic heterocycles. The van der Waals surface area contributed by atoms with Gasteiger partial charge in [0.2, 0.25) is 17.7 Å². The van der Waals surface area contributed by atoms with Gasteiger partial charge in [-0.15, -0.1) is 0 Å². The van der Waals surface area contributed by atoms with Gasteiger partial charge >= 0.3 is 0 Å². The number of benzene rings is 1. The molecule has 154 valence electrons. The topological polar surface area (TPSA) is 73.0 Å². The van der Waals surface area contributed by atoms with E-state index in [1.807, 2.05) is 40.1 Å². The number of nitrogens with zero attached hydrogens (tertiary/aromatic N) is 3. The van der Waals surface area contributed by atoms with Crippen molar-refractivity contribution >= 4 is 23.8 Å². The first-order valence-electron chi connectivity index (χ1n) is 10.4. The smallest absolute Gasteiger partial charge is 0.236 e. The van der Waals surface area contributed by atoms with Crippen molar-refractivity contribution in [1.29, 1.82) is 0 Å². The molecule has 4 rings (SSSR count). The summed E-state index contributed by atoms with van der Waals surface area (Å²) in [5, 5.41) is 3.10. The van der Waals surface area contributed by atoms with Crippen LogP contribution >= 0.6 is 0 Å². The Morgan fingerprint density at radius 2 is 2.03 bits per heavy atom. The van der Waals surface area contributed by atoms with E-state index in [1.165, 1.54) is 6.92 Å². The number of rotatable bonds is 3. The molecular formula is C22H28N4O3. The summed E-state index contributed by atoms with van der Waals surface area (Å²) in [6, 6.07) is 7.71. The van der Waals surface area contributed by atoms with Crippen LogP contribution < -0.4 is 5.32 Å². The van der Waals surface area contributed by atoms with E-state index in [2.05, 4.69) is 5.32 Å². The number of hydrogen-bond acceptors (Lipinski definition) is 4. The first-order valence-corrected chi connectivity index (χ1v) is 10.4. The van der Waals surface area contributed by atoms with Crippen LogP contribution in [0.5, 0.6) is 0 Å². The van der Waals surface area contributed by atoms with Gasteiger partial charge in [-0.3, -0.25) is 14.4 Å². The highest BCUT2D eigenvalue weighted by molar-refractivity contribution is 5.82. The Balaban J connectivity index is 1.48. The number of nitrogens with one attached hydrogen (secondary N) is 1. The molecule has 0 saturated carbocycles. The maximum Gasteiger partial charge on any atom is 0.236 e. The summed E-state index contributed by atoms with van der Waals surface area (Å²) in [4.78, 5) is 43.1. The Kier molecular flexibility index (Phi) is 5.67. The highest BCUT2D eigenvalue weighted by Gasteiger charge is 2.34. The highest BCUT2D eigenvalue weighted by atomic mass is 16.2. The van der Waals surface area contributed by atoms with Gasteiger partial charge in [-0.1, -0.05) is 24.3 Å². The fourth-order valence-corrected chi connectivity index (χ4v) is 4.65. The number of carbonyl (C=O) groups is 3.